The summed E-state index contributed by atoms with van der Waals surface area (Å²) in [6.45, 7) is 5.23. The van der Waals surface area contributed by atoms with Crippen molar-refractivity contribution in [1.29, 1.82) is 0 Å². The summed E-state index contributed by atoms with van der Waals surface area (Å²) in [7, 11) is 0. The Morgan fingerprint density at radius 2 is 2.12 bits per heavy atom. The molecule has 1 atom stereocenters. The summed E-state index contributed by atoms with van der Waals surface area (Å²) < 4.78 is 10.4. The molecule has 8 heteroatoms. The Labute approximate surface area is 138 Å². The molecule has 1 aromatic heterocycles. The molecule has 1 heterocycles. The number of aryl methyl sites for hydroxylation is 1. The Kier molecular flexibility index (Phi) is 5.51. The van der Waals surface area contributed by atoms with Crippen molar-refractivity contribution < 1.29 is 24.0 Å². The van der Waals surface area contributed by atoms with Gasteiger partial charge in [-0.3, -0.25) is 4.79 Å². The fourth-order valence-corrected chi connectivity index (χ4v) is 2.01. The van der Waals surface area contributed by atoms with Gasteiger partial charge in [0.1, 0.15) is 11.8 Å². The third kappa shape index (κ3) is 4.55. The maximum absolute atomic E-state index is 12.2. The Morgan fingerprint density at radius 3 is 2.71 bits per heavy atom. The number of carboxylic acid groups (broad SMARTS) is 1. The van der Waals surface area contributed by atoms with Crippen molar-refractivity contribution in [3.8, 4) is 5.75 Å². The van der Waals surface area contributed by atoms with Gasteiger partial charge in [-0.1, -0.05) is 25.1 Å². The average molecular weight is 333 g/mol. The summed E-state index contributed by atoms with van der Waals surface area (Å²) in [6.07, 6.45) is 0. The largest absolute Gasteiger partial charge is 0.485 e. The van der Waals surface area contributed by atoms with Crippen molar-refractivity contribution >= 4 is 11.9 Å². The summed E-state index contributed by atoms with van der Waals surface area (Å²) >= 11 is 0. The molecule has 0 aliphatic carbocycles. The lowest BCUT2D eigenvalue weighted by molar-refractivity contribution is -0.140. The molecule has 0 fully saturated rings. The molecular weight excluding hydrogens is 314 g/mol. The first-order valence-electron chi connectivity index (χ1n) is 7.42. The molecule has 0 spiro atoms. The van der Waals surface area contributed by atoms with Gasteiger partial charge in [0.2, 0.25) is 11.7 Å². The zero-order valence-corrected chi connectivity index (χ0v) is 13.6. The Morgan fingerprint density at radius 1 is 1.38 bits per heavy atom. The lowest BCUT2D eigenvalue weighted by atomic mass is 10.0. The number of carboxylic acids is 1. The van der Waals surface area contributed by atoms with Crippen molar-refractivity contribution in [3.63, 3.8) is 0 Å². The molecule has 0 saturated carbocycles. The third-order valence-corrected chi connectivity index (χ3v) is 3.25. The van der Waals surface area contributed by atoms with Crippen molar-refractivity contribution in [2.24, 2.45) is 5.92 Å². The number of amides is 1. The van der Waals surface area contributed by atoms with Crippen molar-refractivity contribution in [2.75, 3.05) is 0 Å². The van der Waals surface area contributed by atoms with Crippen LogP contribution in [0.3, 0.4) is 0 Å². The summed E-state index contributed by atoms with van der Waals surface area (Å²) in [5.41, 5.74) is 0.309. The summed E-state index contributed by atoms with van der Waals surface area (Å²) in [5, 5.41) is 15.4. The van der Waals surface area contributed by atoms with Gasteiger partial charge in [0, 0.05) is 12.5 Å². The summed E-state index contributed by atoms with van der Waals surface area (Å²) in [6, 6.07) is 5.49. The standard InChI is InChI=1S/C16H19N3O5/c1-9(2)14(16(21)22)18-15(20)11-5-4-6-12(7-11)23-8-13-17-10(3)24-19-13/h4-7,9,14H,8H2,1-3H3,(H,18,20)(H,21,22). The number of carbonyl (C=O) groups excluding carboxylic acids is 1. The summed E-state index contributed by atoms with van der Waals surface area (Å²) in [5.74, 6) is -0.493. The molecule has 2 aromatic rings. The van der Waals surface area contributed by atoms with Crippen LogP contribution < -0.4 is 10.1 Å². The van der Waals surface area contributed by atoms with Crippen LogP contribution in [0.15, 0.2) is 28.8 Å². The predicted molar refractivity (Wildman–Crippen MR) is 83.5 cm³/mol. The van der Waals surface area contributed by atoms with Crippen molar-refractivity contribution in [3.05, 3.63) is 41.5 Å². The SMILES string of the molecule is Cc1nc(COc2cccc(C(=O)NC(C(=O)O)C(C)C)c2)no1. The number of carbonyl (C=O) groups is 2. The maximum atomic E-state index is 12.2. The van der Waals surface area contributed by atoms with Crippen LogP contribution in [0.5, 0.6) is 5.75 Å². The first-order valence-corrected chi connectivity index (χ1v) is 7.42. The van der Waals surface area contributed by atoms with Crippen molar-refractivity contribution in [2.45, 2.75) is 33.4 Å². The van der Waals surface area contributed by atoms with E-state index in [0.29, 0.717) is 23.0 Å². The molecule has 24 heavy (non-hydrogen) atoms. The fourth-order valence-electron chi connectivity index (χ4n) is 2.01. The molecule has 0 bridgehead atoms. The molecule has 1 unspecified atom stereocenters. The van der Waals surface area contributed by atoms with E-state index in [1.807, 2.05) is 0 Å². The number of ether oxygens (including phenoxy) is 1. The van der Waals surface area contributed by atoms with E-state index < -0.39 is 17.9 Å². The fraction of sp³-hybridized carbons (Fsp3) is 0.375. The highest BCUT2D eigenvalue weighted by Gasteiger charge is 2.24. The predicted octanol–water partition coefficient (Wildman–Crippen LogP) is 1.80. The number of nitrogens with zero attached hydrogens (tertiary/aromatic N) is 2. The van der Waals surface area contributed by atoms with Crippen LogP contribution >= 0.6 is 0 Å². The van der Waals surface area contributed by atoms with Crippen LogP contribution in [0.4, 0.5) is 0 Å². The van der Waals surface area contributed by atoms with Crippen LogP contribution in [0.2, 0.25) is 0 Å². The number of hydrogen-bond donors (Lipinski definition) is 2. The van der Waals surface area contributed by atoms with Crippen LogP contribution in [0.1, 0.15) is 35.9 Å². The maximum Gasteiger partial charge on any atom is 0.326 e. The van der Waals surface area contributed by atoms with E-state index in [4.69, 9.17) is 14.4 Å². The molecule has 0 aliphatic rings. The highest BCUT2D eigenvalue weighted by atomic mass is 16.5. The molecule has 1 amide bonds. The van der Waals surface area contributed by atoms with Crippen LogP contribution in [0.25, 0.3) is 0 Å². The van der Waals surface area contributed by atoms with Gasteiger partial charge < -0.3 is 19.7 Å². The van der Waals surface area contributed by atoms with Gasteiger partial charge in [-0.15, -0.1) is 0 Å². The monoisotopic (exact) mass is 333 g/mol. The van der Waals surface area contributed by atoms with E-state index in [1.54, 1.807) is 39.0 Å². The number of nitrogens with one attached hydrogen (secondary N) is 1. The molecule has 0 aliphatic heterocycles. The van der Waals surface area contributed by atoms with Crippen LogP contribution in [-0.2, 0) is 11.4 Å². The highest BCUT2D eigenvalue weighted by molar-refractivity contribution is 5.96. The van der Waals surface area contributed by atoms with Gasteiger partial charge in [0.05, 0.1) is 0 Å². The third-order valence-electron chi connectivity index (χ3n) is 3.25. The van der Waals surface area contributed by atoms with Gasteiger partial charge in [-0.2, -0.15) is 4.98 Å². The second-order valence-electron chi connectivity index (χ2n) is 5.58. The molecular formula is C16H19N3O5. The van der Waals surface area contributed by atoms with Crippen molar-refractivity contribution in [1.82, 2.24) is 15.5 Å². The van der Waals surface area contributed by atoms with Gasteiger partial charge in [0.15, 0.2) is 6.61 Å². The number of hydrogen-bond acceptors (Lipinski definition) is 6. The van der Waals surface area contributed by atoms with Gasteiger partial charge in [-0.05, 0) is 24.1 Å². The second kappa shape index (κ2) is 7.58. The van der Waals surface area contributed by atoms with Gasteiger partial charge >= 0.3 is 5.97 Å². The number of aromatic nitrogens is 2. The Bertz CT molecular complexity index is 726. The van der Waals surface area contributed by atoms with E-state index in [1.165, 1.54) is 6.07 Å². The zero-order valence-electron chi connectivity index (χ0n) is 13.6. The zero-order chi connectivity index (χ0) is 17.7. The quantitative estimate of drug-likeness (QED) is 0.794. The first-order chi connectivity index (χ1) is 11.4. The minimum absolute atomic E-state index is 0.103. The topological polar surface area (TPSA) is 115 Å². The van der Waals surface area contributed by atoms with E-state index in [9.17, 15) is 9.59 Å². The number of benzene rings is 1. The molecule has 2 rings (SSSR count). The second-order valence-corrected chi connectivity index (χ2v) is 5.58. The van der Waals surface area contributed by atoms with Crippen LogP contribution in [-0.4, -0.2) is 33.2 Å². The minimum atomic E-state index is -1.07. The highest BCUT2D eigenvalue weighted by Crippen LogP contribution is 2.15. The minimum Gasteiger partial charge on any atom is -0.485 e. The van der Waals surface area contributed by atoms with E-state index in [0.717, 1.165) is 0 Å². The Balaban J connectivity index is 2.03. The van der Waals surface area contributed by atoms with E-state index >= 15 is 0 Å². The lowest BCUT2D eigenvalue weighted by Gasteiger charge is -2.18. The van der Waals surface area contributed by atoms with Gasteiger partial charge in [-0.25, -0.2) is 4.79 Å². The normalized spacial score (nSPS) is 12.0. The average Bonchev–Trinajstić information content (AvgIpc) is 2.95. The molecule has 0 radical (unpaired) electrons. The molecule has 2 N–H and O–H groups in total. The Hall–Kier alpha value is -2.90. The number of rotatable bonds is 7. The van der Waals surface area contributed by atoms with E-state index in [-0.39, 0.29) is 12.5 Å². The smallest absolute Gasteiger partial charge is 0.326 e. The van der Waals surface area contributed by atoms with E-state index in [2.05, 4.69) is 15.5 Å². The summed E-state index contributed by atoms with van der Waals surface area (Å²) in [4.78, 5) is 27.4. The molecule has 128 valence electrons. The van der Waals surface area contributed by atoms with Gasteiger partial charge in [0.25, 0.3) is 5.91 Å². The lowest BCUT2D eigenvalue weighted by Crippen LogP contribution is -2.44. The number of aliphatic carboxylic acids is 1. The first kappa shape index (κ1) is 17.5. The molecule has 0 saturated heterocycles. The van der Waals surface area contributed by atoms with Crippen LogP contribution in [0, 0.1) is 12.8 Å². The molecule has 8 nitrogen and oxygen atoms in total. The molecule has 1 aromatic carbocycles.